The molecule has 0 fully saturated rings. The van der Waals surface area contributed by atoms with Gasteiger partial charge in [-0.15, -0.1) is 0 Å². The maximum absolute atomic E-state index is 6.01. The molecule has 4 nitrogen and oxygen atoms in total. The van der Waals surface area contributed by atoms with Crippen LogP contribution in [0, 0.1) is 20.8 Å². The number of pyridine rings is 1. The summed E-state index contributed by atoms with van der Waals surface area (Å²) in [6, 6.07) is 5.93. The zero-order valence-electron chi connectivity index (χ0n) is 11.6. The van der Waals surface area contributed by atoms with Crippen molar-refractivity contribution in [3.63, 3.8) is 0 Å². The Morgan fingerprint density at radius 2 is 1.95 bits per heavy atom. The summed E-state index contributed by atoms with van der Waals surface area (Å²) in [6.45, 7) is 5.83. The molecule has 2 heterocycles. The minimum absolute atomic E-state index is 0.653. The highest BCUT2D eigenvalue weighted by Crippen LogP contribution is 2.35. The predicted octanol–water partition coefficient (Wildman–Crippen LogP) is 3.88. The average molecular weight is 285 g/mol. The molecule has 0 radical (unpaired) electrons. The van der Waals surface area contributed by atoms with Gasteiger partial charge in [0, 0.05) is 33.2 Å². The highest BCUT2D eigenvalue weighted by molar-refractivity contribution is 7.99. The van der Waals surface area contributed by atoms with E-state index in [9.17, 15) is 0 Å². The van der Waals surface area contributed by atoms with Crippen molar-refractivity contribution in [2.75, 3.05) is 5.73 Å². The maximum atomic E-state index is 6.01. The van der Waals surface area contributed by atoms with Crippen LogP contribution >= 0.6 is 11.8 Å². The second kappa shape index (κ2) is 4.83. The molecule has 0 bridgehead atoms. The second-order valence-electron chi connectivity index (χ2n) is 4.75. The van der Waals surface area contributed by atoms with E-state index >= 15 is 0 Å². The number of benzene rings is 1. The third-order valence-corrected chi connectivity index (χ3v) is 4.16. The van der Waals surface area contributed by atoms with E-state index in [0.717, 1.165) is 38.5 Å². The van der Waals surface area contributed by atoms with Gasteiger partial charge in [0.1, 0.15) is 5.76 Å². The van der Waals surface area contributed by atoms with Gasteiger partial charge in [-0.2, -0.15) is 0 Å². The molecular weight excluding hydrogens is 270 g/mol. The van der Waals surface area contributed by atoms with Crippen LogP contribution in [0.3, 0.4) is 0 Å². The van der Waals surface area contributed by atoms with E-state index < -0.39 is 0 Å². The SMILES string of the molecule is Cc1cc2c(Sc3nc(C)c(C)o3)ccc(N)c2cn1. The zero-order chi connectivity index (χ0) is 14.3. The topological polar surface area (TPSA) is 64.9 Å². The van der Waals surface area contributed by atoms with Crippen molar-refractivity contribution < 1.29 is 4.42 Å². The molecule has 0 unspecified atom stereocenters. The van der Waals surface area contributed by atoms with Crippen LogP contribution in [0.5, 0.6) is 0 Å². The number of hydrogen-bond donors (Lipinski definition) is 1. The summed E-state index contributed by atoms with van der Waals surface area (Å²) < 4.78 is 5.63. The van der Waals surface area contributed by atoms with Crippen LogP contribution in [-0.4, -0.2) is 9.97 Å². The third kappa shape index (κ3) is 2.25. The number of rotatable bonds is 2. The molecule has 1 aromatic carbocycles. The quantitative estimate of drug-likeness (QED) is 0.724. The Kier molecular flexibility index (Phi) is 3.14. The molecule has 0 aliphatic rings. The van der Waals surface area contributed by atoms with Crippen LogP contribution < -0.4 is 5.73 Å². The van der Waals surface area contributed by atoms with Gasteiger partial charge >= 0.3 is 0 Å². The molecule has 2 N–H and O–H groups in total. The van der Waals surface area contributed by atoms with Crippen LogP contribution in [0.15, 0.2) is 38.9 Å². The standard InChI is InChI=1S/C15H15N3OS/c1-8-6-11-12(7-17-8)13(16)4-5-14(11)20-15-18-9(2)10(3)19-15/h4-7H,16H2,1-3H3. The highest BCUT2D eigenvalue weighted by atomic mass is 32.2. The van der Waals surface area contributed by atoms with Gasteiger partial charge in [-0.25, -0.2) is 4.98 Å². The minimum Gasteiger partial charge on any atom is -0.436 e. The normalized spacial score (nSPS) is 11.2. The predicted molar refractivity (Wildman–Crippen MR) is 81.0 cm³/mol. The first kappa shape index (κ1) is 13.0. The summed E-state index contributed by atoms with van der Waals surface area (Å²) >= 11 is 1.51. The number of nitrogens with zero attached hydrogens (tertiary/aromatic N) is 2. The van der Waals surface area contributed by atoms with Crippen LogP contribution in [-0.2, 0) is 0 Å². The van der Waals surface area contributed by atoms with Crippen LogP contribution in [0.2, 0.25) is 0 Å². The molecule has 0 spiro atoms. The summed E-state index contributed by atoms with van der Waals surface area (Å²) in [7, 11) is 0. The molecule has 5 heteroatoms. The molecule has 3 aromatic rings. The van der Waals surface area contributed by atoms with Crippen molar-refractivity contribution >= 4 is 28.2 Å². The Labute approximate surface area is 121 Å². The fourth-order valence-electron chi connectivity index (χ4n) is 2.01. The summed E-state index contributed by atoms with van der Waals surface area (Å²) in [5, 5.41) is 2.69. The lowest BCUT2D eigenvalue weighted by Gasteiger charge is -2.07. The molecule has 0 saturated heterocycles. The number of nitrogens with two attached hydrogens (primary N) is 1. The molecule has 102 valence electrons. The number of oxazole rings is 1. The van der Waals surface area contributed by atoms with E-state index in [1.807, 2.05) is 45.2 Å². The lowest BCUT2D eigenvalue weighted by molar-refractivity contribution is 0.431. The fraction of sp³-hybridized carbons (Fsp3) is 0.200. The van der Waals surface area contributed by atoms with Crippen molar-refractivity contribution in [3.8, 4) is 0 Å². The minimum atomic E-state index is 0.653. The molecule has 3 rings (SSSR count). The van der Waals surface area contributed by atoms with E-state index in [2.05, 4.69) is 9.97 Å². The van der Waals surface area contributed by atoms with E-state index in [4.69, 9.17) is 10.2 Å². The van der Waals surface area contributed by atoms with E-state index in [1.54, 1.807) is 0 Å². The van der Waals surface area contributed by atoms with Crippen molar-refractivity contribution in [1.29, 1.82) is 0 Å². The van der Waals surface area contributed by atoms with Crippen molar-refractivity contribution in [2.24, 2.45) is 0 Å². The van der Waals surface area contributed by atoms with Gasteiger partial charge in [-0.1, -0.05) is 0 Å². The molecular formula is C15H15N3OS. The summed E-state index contributed by atoms with van der Waals surface area (Å²) in [4.78, 5) is 9.78. The number of aromatic nitrogens is 2. The Balaban J connectivity index is 2.11. The zero-order valence-corrected chi connectivity index (χ0v) is 12.4. The number of nitrogen functional groups attached to an aromatic ring is 1. The summed E-state index contributed by atoms with van der Waals surface area (Å²) in [6.07, 6.45) is 1.82. The van der Waals surface area contributed by atoms with Crippen LogP contribution in [0.4, 0.5) is 5.69 Å². The number of aryl methyl sites for hydroxylation is 3. The first-order chi connectivity index (χ1) is 9.54. The number of hydrogen-bond acceptors (Lipinski definition) is 5. The van der Waals surface area contributed by atoms with Crippen molar-refractivity contribution in [3.05, 3.63) is 41.5 Å². The summed E-state index contributed by atoms with van der Waals surface area (Å²) in [5.74, 6) is 0.852. The van der Waals surface area contributed by atoms with Gasteiger partial charge < -0.3 is 10.2 Å². The molecule has 0 amide bonds. The Morgan fingerprint density at radius 3 is 2.65 bits per heavy atom. The van der Waals surface area contributed by atoms with Crippen LogP contribution in [0.1, 0.15) is 17.1 Å². The molecule has 0 aliphatic heterocycles. The first-order valence-electron chi connectivity index (χ1n) is 6.31. The number of anilines is 1. The Hall–Kier alpha value is -2.01. The maximum Gasteiger partial charge on any atom is 0.261 e. The average Bonchev–Trinajstić information content (AvgIpc) is 2.72. The smallest absolute Gasteiger partial charge is 0.261 e. The molecule has 0 atom stereocenters. The fourth-order valence-corrected chi connectivity index (χ4v) is 2.96. The van der Waals surface area contributed by atoms with E-state index in [0.29, 0.717) is 5.22 Å². The van der Waals surface area contributed by atoms with Gasteiger partial charge in [0.2, 0.25) is 0 Å². The van der Waals surface area contributed by atoms with E-state index in [1.165, 1.54) is 11.8 Å². The first-order valence-corrected chi connectivity index (χ1v) is 7.13. The summed E-state index contributed by atoms with van der Waals surface area (Å²) in [5.41, 5.74) is 8.63. The lowest BCUT2D eigenvalue weighted by Crippen LogP contribution is -1.91. The molecule has 0 aliphatic carbocycles. The highest BCUT2D eigenvalue weighted by Gasteiger charge is 2.11. The second-order valence-corrected chi connectivity index (χ2v) is 5.74. The van der Waals surface area contributed by atoms with E-state index in [-0.39, 0.29) is 0 Å². The van der Waals surface area contributed by atoms with Gasteiger partial charge in [0.25, 0.3) is 5.22 Å². The molecule has 0 saturated carbocycles. The van der Waals surface area contributed by atoms with Gasteiger partial charge in [0.15, 0.2) is 0 Å². The molecule has 2 aromatic heterocycles. The molecule has 20 heavy (non-hydrogen) atoms. The Bertz CT molecular complexity index is 776. The largest absolute Gasteiger partial charge is 0.436 e. The van der Waals surface area contributed by atoms with Gasteiger partial charge in [0.05, 0.1) is 5.69 Å². The van der Waals surface area contributed by atoms with Gasteiger partial charge in [-0.05, 0) is 50.7 Å². The Morgan fingerprint density at radius 1 is 1.15 bits per heavy atom. The third-order valence-electron chi connectivity index (χ3n) is 3.24. The van der Waals surface area contributed by atoms with Gasteiger partial charge in [-0.3, -0.25) is 4.98 Å². The van der Waals surface area contributed by atoms with Crippen LogP contribution in [0.25, 0.3) is 10.8 Å². The lowest BCUT2D eigenvalue weighted by atomic mass is 10.1. The van der Waals surface area contributed by atoms with Crippen molar-refractivity contribution in [1.82, 2.24) is 9.97 Å². The monoisotopic (exact) mass is 285 g/mol. The number of fused-ring (bicyclic) bond motifs is 1. The van der Waals surface area contributed by atoms with Crippen molar-refractivity contribution in [2.45, 2.75) is 30.9 Å².